The zero-order valence-corrected chi connectivity index (χ0v) is 11.5. The standard InChI is InChI=1S/C14H19NO2S/c1-2-3-11-18(16)12-10-17-14-6-4-13(5-7-14)8-9-15/h4-7H,2-3,8,10-12H2,1H3. The summed E-state index contributed by atoms with van der Waals surface area (Å²) in [5.74, 6) is 2.12. The fourth-order valence-electron chi connectivity index (χ4n) is 1.45. The molecular weight excluding hydrogens is 246 g/mol. The van der Waals surface area contributed by atoms with Crippen molar-refractivity contribution in [2.45, 2.75) is 26.2 Å². The van der Waals surface area contributed by atoms with Crippen molar-refractivity contribution < 1.29 is 8.95 Å². The molecule has 0 aromatic heterocycles. The van der Waals surface area contributed by atoms with Gasteiger partial charge in [-0.05, 0) is 24.1 Å². The SMILES string of the molecule is CCCCS(=O)CCOc1ccc(CC#N)cc1. The van der Waals surface area contributed by atoms with Crippen molar-refractivity contribution >= 4 is 10.8 Å². The molecule has 1 unspecified atom stereocenters. The topological polar surface area (TPSA) is 50.1 Å². The van der Waals surface area contributed by atoms with Crippen molar-refractivity contribution in [1.29, 1.82) is 5.26 Å². The van der Waals surface area contributed by atoms with Crippen LogP contribution in [0.15, 0.2) is 24.3 Å². The Morgan fingerprint density at radius 1 is 1.28 bits per heavy atom. The molecule has 1 aromatic rings. The number of ether oxygens (including phenoxy) is 1. The number of hydrogen-bond acceptors (Lipinski definition) is 3. The van der Waals surface area contributed by atoms with Gasteiger partial charge in [-0.15, -0.1) is 0 Å². The van der Waals surface area contributed by atoms with Gasteiger partial charge in [-0.3, -0.25) is 4.21 Å². The van der Waals surface area contributed by atoms with E-state index in [0.29, 0.717) is 18.8 Å². The summed E-state index contributed by atoms with van der Waals surface area (Å²) in [5.41, 5.74) is 0.983. The van der Waals surface area contributed by atoms with Gasteiger partial charge in [0.1, 0.15) is 5.75 Å². The Morgan fingerprint density at radius 3 is 2.61 bits per heavy atom. The molecule has 0 saturated heterocycles. The summed E-state index contributed by atoms with van der Waals surface area (Å²) in [6.45, 7) is 2.57. The number of unbranched alkanes of at least 4 members (excludes halogenated alkanes) is 1. The highest BCUT2D eigenvalue weighted by Gasteiger charge is 2.00. The highest BCUT2D eigenvalue weighted by Crippen LogP contribution is 2.12. The lowest BCUT2D eigenvalue weighted by molar-refractivity contribution is 0.342. The monoisotopic (exact) mass is 265 g/mol. The third-order valence-corrected chi connectivity index (χ3v) is 3.88. The number of nitriles is 1. The van der Waals surface area contributed by atoms with Gasteiger partial charge in [-0.2, -0.15) is 5.26 Å². The van der Waals surface area contributed by atoms with Crippen molar-refractivity contribution in [3.63, 3.8) is 0 Å². The first-order valence-electron chi connectivity index (χ1n) is 6.20. The van der Waals surface area contributed by atoms with Crippen LogP contribution in [0.2, 0.25) is 0 Å². The molecule has 0 heterocycles. The van der Waals surface area contributed by atoms with Crippen LogP contribution in [0.5, 0.6) is 5.75 Å². The van der Waals surface area contributed by atoms with E-state index in [4.69, 9.17) is 10.00 Å². The van der Waals surface area contributed by atoms with E-state index < -0.39 is 10.8 Å². The molecule has 0 saturated carbocycles. The lowest BCUT2D eigenvalue weighted by Gasteiger charge is -2.06. The van der Waals surface area contributed by atoms with Crippen molar-refractivity contribution in [2.75, 3.05) is 18.1 Å². The van der Waals surface area contributed by atoms with Gasteiger partial charge in [-0.1, -0.05) is 25.5 Å². The average molecular weight is 265 g/mol. The molecule has 0 amide bonds. The van der Waals surface area contributed by atoms with Crippen LogP contribution < -0.4 is 4.74 Å². The fourth-order valence-corrected chi connectivity index (χ4v) is 2.54. The van der Waals surface area contributed by atoms with E-state index in [1.807, 2.05) is 24.3 Å². The molecule has 18 heavy (non-hydrogen) atoms. The van der Waals surface area contributed by atoms with E-state index in [2.05, 4.69) is 13.0 Å². The Balaban J connectivity index is 2.27. The summed E-state index contributed by atoms with van der Waals surface area (Å²) in [6.07, 6.45) is 2.50. The Morgan fingerprint density at radius 2 is 2.00 bits per heavy atom. The minimum atomic E-state index is -0.769. The maximum atomic E-state index is 11.5. The van der Waals surface area contributed by atoms with Gasteiger partial charge >= 0.3 is 0 Å². The highest BCUT2D eigenvalue weighted by atomic mass is 32.2. The van der Waals surface area contributed by atoms with Crippen LogP contribution in [-0.4, -0.2) is 22.3 Å². The van der Waals surface area contributed by atoms with Crippen molar-refractivity contribution in [1.82, 2.24) is 0 Å². The fraction of sp³-hybridized carbons (Fsp3) is 0.500. The second kappa shape index (κ2) is 8.71. The summed E-state index contributed by atoms with van der Waals surface area (Å²) in [7, 11) is -0.769. The minimum Gasteiger partial charge on any atom is -0.493 e. The number of nitrogens with zero attached hydrogens (tertiary/aromatic N) is 1. The largest absolute Gasteiger partial charge is 0.493 e. The summed E-state index contributed by atoms with van der Waals surface area (Å²) < 4.78 is 17.0. The van der Waals surface area contributed by atoms with Crippen LogP contribution in [0.3, 0.4) is 0 Å². The lowest BCUT2D eigenvalue weighted by Crippen LogP contribution is -2.11. The second-order valence-electron chi connectivity index (χ2n) is 4.03. The van der Waals surface area contributed by atoms with Gasteiger partial charge < -0.3 is 4.74 Å². The molecule has 0 aliphatic carbocycles. The van der Waals surface area contributed by atoms with Crippen molar-refractivity contribution in [3.05, 3.63) is 29.8 Å². The number of rotatable bonds is 8. The van der Waals surface area contributed by atoms with Crippen molar-refractivity contribution in [3.8, 4) is 11.8 Å². The number of benzene rings is 1. The van der Waals surface area contributed by atoms with Crippen LogP contribution in [0, 0.1) is 11.3 Å². The maximum absolute atomic E-state index is 11.5. The first kappa shape index (κ1) is 14.7. The molecule has 98 valence electrons. The molecular formula is C14H19NO2S. The highest BCUT2D eigenvalue weighted by molar-refractivity contribution is 7.84. The van der Waals surface area contributed by atoms with Crippen LogP contribution >= 0.6 is 0 Å². The van der Waals surface area contributed by atoms with Gasteiger partial charge in [0.25, 0.3) is 0 Å². The van der Waals surface area contributed by atoms with Crippen molar-refractivity contribution in [2.24, 2.45) is 0 Å². The first-order valence-corrected chi connectivity index (χ1v) is 7.68. The third-order valence-electron chi connectivity index (χ3n) is 2.51. The smallest absolute Gasteiger partial charge is 0.119 e. The van der Waals surface area contributed by atoms with Gasteiger partial charge in [-0.25, -0.2) is 0 Å². The summed E-state index contributed by atoms with van der Waals surface area (Å²) in [6, 6.07) is 9.56. The predicted octanol–water partition coefficient (Wildman–Crippen LogP) is 2.68. The molecule has 0 spiro atoms. The zero-order chi connectivity index (χ0) is 13.2. The lowest BCUT2D eigenvalue weighted by atomic mass is 10.2. The Kier molecular flexibility index (Phi) is 7.12. The van der Waals surface area contributed by atoms with Crippen LogP contribution in [-0.2, 0) is 17.2 Å². The molecule has 0 aliphatic heterocycles. The molecule has 1 aromatic carbocycles. The quantitative estimate of drug-likeness (QED) is 0.726. The van der Waals surface area contributed by atoms with Gasteiger partial charge in [0.15, 0.2) is 0 Å². The Bertz CT molecular complexity index is 409. The molecule has 0 bridgehead atoms. The molecule has 3 nitrogen and oxygen atoms in total. The van der Waals surface area contributed by atoms with Crippen LogP contribution in [0.1, 0.15) is 25.3 Å². The van der Waals surface area contributed by atoms with E-state index in [0.717, 1.165) is 29.9 Å². The summed E-state index contributed by atoms with van der Waals surface area (Å²) in [4.78, 5) is 0. The molecule has 4 heteroatoms. The number of hydrogen-bond donors (Lipinski definition) is 0. The van der Waals surface area contributed by atoms with E-state index in [1.54, 1.807) is 0 Å². The normalized spacial score (nSPS) is 11.8. The maximum Gasteiger partial charge on any atom is 0.119 e. The van der Waals surface area contributed by atoms with Gasteiger partial charge in [0, 0.05) is 16.6 Å². The Hall–Kier alpha value is -1.34. The van der Waals surface area contributed by atoms with Crippen LogP contribution in [0.4, 0.5) is 0 Å². The predicted molar refractivity (Wildman–Crippen MR) is 74.0 cm³/mol. The average Bonchev–Trinajstić information content (AvgIpc) is 2.39. The minimum absolute atomic E-state index is 0.418. The van der Waals surface area contributed by atoms with E-state index in [1.165, 1.54) is 0 Å². The molecule has 1 atom stereocenters. The zero-order valence-electron chi connectivity index (χ0n) is 10.7. The van der Waals surface area contributed by atoms with E-state index in [9.17, 15) is 4.21 Å². The summed E-state index contributed by atoms with van der Waals surface area (Å²) >= 11 is 0. The van der Waals surface area contributed by atoms with Crippen LogP contribution in [0.25, 0.3) is 0 Å². The van der Waals surface area contributed by atoms with E-state index in [-0.39, 0.29) is 0 Å². The molecule has 1 rings (SSSR count). The third kappa shape index (κ3) is 5.83. The molecule has 0 fully saturated rings. The molecule has 0 radical (unpaired) electrons. The second-order valence-corrected chi connectivity index (χ2v) is 5.73. The molecule has 0 N–H and O–H groups in total. The van der Waals surface area contributed by atoms with E-state index >= 15 is 0 Å². The summed E-state index contributed by atoms with van der Waals surface area (Å²) in [5, 5.41) is 8.55. The Labute approximate surface area is 111 Å². The molecule has 0 aliphatic rings. The van der Waals surface area contributed by atoms with Gasteiger partial charge in [0.2, 0.25) is 0 Å². The van der Waals surface area contributed by atoms with Gasteiger partial charge in [0.05, 0.1) is 24.8 Å². The first-order chi connectivity index (χ1) is 8.76.